The molecule has 3 aromatic rings. The molecule has 4 rings (SSSR count). The van der Waals surface area contributed by atoms with Crippen LogP contribution in [0.5, 0.6) is 0 Å². The van der Waals surface area contributed by atoms with Gasteiger partial charge in [-0.05, 0) is 41.8 Å². The van der Waals surface area contributed by atoms with Crippen molar-refractivity contribution in [2.24, 2.45) is 0 Å². The lowest BCUT2D eigenvalue weighted by Crippen LogP contribution is -2.36. The van der Waals surface area contributed by atoms with Crippen LogP contribution in [-0.4, -0.2) is 70.6 Å². The van der Waals surface area contributed by atoms with Gasteiger partial charge in [0.15, 0.2) is 0 Å². The first kappa shape index (κ1) is 28.9. The standard InChI is InChI=1S/C28H32N4O5S2/c1-36-16-14-32(15-17-37-2)39(34,35)23-10-8-22(9-11-23)27(33)30-28-25(18-29)24-12-13-31(20-26(24)38-28)19-21-6-4-3-5-7-21/h3-11H,12-17,19-20H2,1-2H3,(H,30,33). The van der Waals surface area contributed by atoms with E-state index < -0.39 is 15.9 Å². The zero-order valence-corrected chi connectivity index (χ0v) is 23.7. The van der Waals surface area contributed by atoms with E-state index >= 15 is 0 Å². The van der Waals surface area contributed by atoms with Gasteiger partial charge in [0, 0.05) is 57.4 Å². The van der Waals surface area contributed by atoms with Crippen molar-refractivity contribution in [3.8, 4) is 6.07 Å². The number of carbonyl (C=O) groups is 1. The second-order valence-corrected chi connectivity index (χ2v) is 12.2. The molecule has 2 aromatic carbocycles. The van der Waals surface area contributed by atoms with E-state index in [0.29, 0.717) is 22.7 Å². The van der Waals surface area contributed by atoms with Gasteiger partial charge in [-0.15, -0.1) is 11.3 Å². The molecule has 0 saturated heterocycles. The van der Waals surface area contributed by atoms with Crippen LogP contribution < -0.4 is 5.32 Å². The Morgan fingerprint density at radius 2 is 1.74 bits per heavy atom. The molecule has 11 heteroatoms. The lowest BCUT2D eigenvalue weighted by atomic mass is 10.0. The van der Waals surface area contributed by atoms with Crippen molar-refractivity contribution in [2.75, 3.05) is 52.4 Å². The van der Waals surface area contributed by atoms with Gasteiger partial charge < -0.3 is 14.8 Å². The smallest absolute Gasteiger partial charge is 0.256 e. The highest BCUT2D eigenvalue weighted by Crippen LogP contribution is 2.37. The van der Waals surface area contributed by atoms with E-state index in [-0.39, 0.29) is 31.2 Å². The molecule has 0 fully saturated rings. The largest absolute Gasteiger partial charge is 0.383 e. The number of hydrogen-bond donors (Lipinski definition) is 1. The lowest BCUT2D eigenvalue weighted by Gasteiger charge is -2.26. The maximum atomic E-state index is 13.1. The minimum absolute atomic E-state index is 0.0778. The van der Waals surface area contributed by atoms with Crippen LogP contribution in [0, 0.1) is 11.3 Å². The van der Waals surface area contributed by atoms with Crippen LogP contribution in [0.4, 0.5) is 5.00 Å². The highest BCUT2D eigenvalue weighted by atomic mass is 32.2. The van der Waals surface area contributed by atoms with Crippen molar-refractivity contribution in [1.82, 2.24) is 9.21 Å². The van der Waals surface area contributed by atoms with E-state index in [1.54, 1.807) is 0 Å². The van der Waals surface area contributed by atoms with Gasteiger partial charge in [0.1, 0.15) is 11.1 Å². The Kier molecular flexibility index (Phi) is 9.85. The Labute approximate surface area is 233 Å². The number of hydrogen-bond acceptors (Lipinski definition) is 8. The number of anilines is 1. The molecule has 1 aliphatic rings. The molecule has 1 N–H and O–H groups in total. The maximum absolute atomic E-state index is 13.1. The molecule has 206 valence electrons. The zero-order valence-electron chi connectivity index (χ0n) is 22.1. The van der Waals surface area contributed by atoms with Gasteiger partial charge in [0.05, 0.1) is 23.7 Å². The number of amides is 1. The van der Waals surface area contributed by atoms with Crippen LogP contribution in [-0.2, 0) is 39.0 Å². The number of nitrogens with zero attached hydrogens (tertiary/aromatic N) is 3. The van der Waals surface area contributed by atoms with Crippen LogP contribution in [0.25, 0.3) is 0 Å². The normalized spacial score (nSPS) is 13.7. The molecule has 1 aliphatic heterocycles. The third-order valence-electron chi connectivity index (χ3n) is 6.57. The first-order valence-electron chi connectivity index (χ1n) is 12.6. The molecule has 0 radical (unpaired) electrons. The summed E-state index contributed by atoms with van der Waals surface area (Å²) >= 11 is 1.43. The fraction of sp³-hybridized carbons (Fsp3) is 0.357. The van der Waals surface area contributed by atoms with Crippen molar-refractivity contribution in [2.45, 2.75) is 24.4 Å². The van der Waals surface area contributed by atoms with Crippen molar-refractivity contribution in [3.05, 3.63) is 81.7 Å². The van der Waals surface area contributed by atoms with E-state index in [1.165, 1.54) is 59.7 Å². The average molecular weight is 569 g/mol. The Morgan fingerprint density at radius 3 is 2.36 bits per heavy atom. The van der Waals surface area contributed by atoms with Gasteiger partial charge in [-0.1, -0.05) is 30.3 Å². The molecule has 0 unspecified atom stereocenters. The molecule has 0 atom stereocenters. The van der Waals surface area contributed by atoms with Crippen molar-refractivity contribution < 1.29 is 22.7 Å². The molecule has 39 heavy (non-hydrogen) atoms. The number of fused-ring (bicyclic) bond motifs is 1. The second kappa shape index (κ2) is 13.3. The lowest BCUT2D eigenvalue weighted by molar-refractivity contribution is 0.102. The molecule has 2 heterocycles. The van der Waals surface area contributed by atoms with Gasteiger partial charge in [-0.3, -0.25) is 9.69 Å². The molecular formula is C28H32N4O5S2. The maximum Gasteiger partial charge on any atom is 0.256 e. The third kappa shape index (κ3) is 6.91. The van der Waals surface area contributed by atoms with Crippen LogP contribution in [0.2, 0.25) is 0 Å². The predicted octanol–water partition coefficient (Wildman–Crippen LogP) is 3.71. The number of methoxy groups -OCH3 is 2. The highest BCUT2D eigenvalue weighted by molar-refractivity contribution is 7.89. The number of ether oxygens (including phenoxy) is 2. The van der Waals surface area contributed by atoms with E-state index in [1.807, 2.05) is 18.2 Å². The van der Waals surface area contributed by atoms with E-state index in [4.69, 9.17) is 9.47 Å². The fourth-order valence-electron chi connectivity index (χ4n) is 4.48. The summed E-state index contributed by atoms with van der Waals surface area (Å²) in [6.45, 7) is 3.25. The van der Waals surface area contributed by atoms with Crippen LogP contribution in [0.15, 0.2) is 59.5 Å². The Bertz CT molecular complexity index is 1410. The minimum Gasteiger partial charge on any atom is -0.383 e. The van der Waals surface area contributed by atoms with Gasteiger partial charge in [-0.25, -0.2) is 8.42 Å². The number of thiophene rings is 1. The Morgan fingerprint density at radius 1 is 1.08 bits per heavy atom. The Hall–Kier alpha value is -3.11. The molecule has 0 saturated carbocycles. The predicted molar refractivity (Wildman–Crippen MR) is 150 cm³/mol. The fourth-order valence-corrected chi connectivity index (χ4v) is 7.12. The summed E-state index contributed by atoms with van der Waals surface area (Å²) in [5.41, 5.74) is 3.04. The number of rotatable bonds is 12. The molecule has 1 aromatic heterocycles. The van der Waals surface area contributed by atoms with Crippen molar-refractivity contribution in [1.29, 1.82) is 5.26 Å². The number of nitriles is 1. The van der Waals surface area contributed by atoms with Crippen LogP contribution >= 0.6 is 11.3 Å². The summed E-state index contributed by atoms with van der Waals surface area (Å²) < 4.78 is 37.7. The molecular weight excluding hydrogens is 536 g/mol. The summed E-state index contributed by atoms with van der Waals surface area (Å²) in [5, 5.41) is 13.3. The molecule has 0 bridgehead atoms. The van der Waals surface area contributed by atoms with Gasteiger partial charge >= 0.3 is 0 Å². The molecule has 0 aliphatic carbocycles. The zero-order chi connectivity index (χ0) is 27.8. The number of benzene rings is 2. The summed E-state index contributed by atoms with van der Waals surface area (Å²) in [6.07, 6.45) is 0.743. The average Bonchev–Trinajstić information content (AvgIpc) is 3.29. The third-order valence-corrected chi connectivity index (χ3v) is 9.61. The first-order valence-corrected chi connectivity index (χ1v) is 14.8. The van der Waals surface area contributed by atoms with Crippen molar-refractivity contribution >= 4 is 32.3 Å². The van der Waals surface area contributed by atoms with Crippen LogP contribution in [0.1, 0.15) is 31.9 Å². The summed E-state index contributed by atoms with van der Waals surface area (Å²) in [7, 11) is -0.770. The number of sulfonamides is 1. The van der Waals surface area contributed by atoms with Crippen molar-refractivity contribution in [3.63, 3.8) is 0 Å². The molecule has 9 nitrogen and oxygen atoms in total. The first-order chi connectivity index (χ1) is 18.9. The monoisotopic (exact) mass is 568 g/mol. The number of nitrogens with one attached hydrogen (secondary N) is 1. The van der Waals surface area contributed by atoms with E-state index in [9.17, 15) is 18.5 Å². The topological polar surface area (TPSA) is 112 Å². The summed E-state index contributed by atoms with van der Waals surface area (Å²) in [6, 6.07) is 18.3. The van der Waals surface area contributed by atoms with Gasteiger partial charge in [0.25, 0.3) is 5.91 Å². The van der Waals surface area contributed by atoms with E-state index in [0.717, 1.165) is 30.0 Å². The van der Waals surface area contributed by atoms with Crippen LogP contribution in [0.3, 0.4) is 0 Å². The SMILES string of the molecule is COCCN(CCOC)S(=O)(=O)c1ccc(C(=O)Nc2sc3c(c2C#N)CCN(Cc2ccccc2)C3)cc1. The second-order valence-electron chi connectivity index (χ2n) is 9.13. The highest BCUT2D eigenvalue weighted by Gasteiger charge is 2.27. The van der Waals surface area contributed by atoms with Gasteiger partial charge in [0.2, 0.25) is 10.0 Å². The quantitative estimate of drug-likeness (QED) is 0.355. The molecule has 1 amide bonds. The van der Waals surface area contributed by atoms with Gasteiger partial charge in [-0.2, -0.15) is 9.57 Å². The Balaban J connectivity index is 1.46. The summed E-state index contributed by atoms with van der Waals surface area (Å²) in [4.78, 5) is 16.6. The number of carbonyl (C=O) groups excluding carboxylic acids is 1. The molecule has 0 spiro atoms. The van der Waals surface area contributed by atoms with E-state index in [2.05, 4.69) is 28.4 Å². The summed E-state index contributed by atoms with van der Waals surface area (Å²) in [5.74, 6) is -0.397. The minimum atomic E-state index is -3.79.